The van der Waals surface area contributed by atoms with Gasteiger partial charge in [0.15, 0.2) is 6.04 Å². The largest absolute Gasteiger partial charge is 0.464 e. The second kappa shape index (κ2) is 8.29. The van der Waals surface area contributed by atoms with Crippen LogP contribution in [0.1, 0.15) is 18.1 Å². The molecule has 20 heavy (non-hydrogen) atoms. The van der Waals surface area contributed by atoms with Crippen molar-refractivity contribution < 1.29 is 19.1 Å². The molecule has 0 spiro atoms. The molecule has 1 unspecified atom stereocenters. The molecular weight excluding hydrogens is 260 g/mol. The lowest BCUT2D eigenvalue weighted by Gasteiger charge is -2.13. The van der Waals surface area contributed by atoms with Crippen LogP contribution in [-0.4, -0.2) is 31.6 Å². The zero-order chi connectivity index (χ0) is 15.0. The second-order valence-electron chi connectivity index (χ2n) is 4.15. The average molecular weight is 280 g/mol. The molecule has 0 bridgehead atoms. The molecule has 110 valence electrons. The van der Waals surface area contributed by atoms with Crippen molar-refractivity contribution in [2.75, 3.05) is 13.7 Å². The zero-order valence-electron chi connectivity index (χ0n) is 11.7. The summed E-state index contributed by atoms with van der Waals surface area (Å²) >= 11 is 0. The lowest BCUT2D eigenvalue weighted by Crippen LogP contribution is -2.46. The number of esters is 1. The molecule has 1 rings (SSSR count). The normalized spacial score (nSPS) is 11.8. The van der Waals surface area contributed by atoms with Crippen LogP contribution in [0.3, 0.4) is 0 Å². The first-order chi connectivity index (χ1) is 9.60. The molecule has 1 aromatic carbocycles. The van der Waals surface area contributed by atoms with E-state index >= 15 is 0 Å². The Morgan fingerprint density at radius 2 is 1.95 bits per heavy atom. The smallest absolute Gasteiger partial charge is 0.332 e. The molecule has 0 aliphatic heterocycles. The number of hydrogen-bond acceptors (Lipinski definition) is 5. The van der Waals surface area contributed by atoms with E-state index < -0.39 is 17.9 Å². The van der Waals surface area contributed by atoms with E-state index in [0.717, 1.165) is 11.1 Å². The molecule has 1 amide bonds. The Hall–Kier alpha value is -1.92. The van der Waals surface area contributed by atoms with Gasteiger partial charge in [-0.25, -0.2) is 4.79 Å². The molecule has 0 fully saturated rings. The van der Waals surface area contributed by atoms with E-state index in [0.29, 0.717) is 6.61 Å². The highest BCUT2D eigenvalue weighted by molar-refractivity contribution is 6.01. The average Bonchev–Trinajstić information content (AvgIpc) is 2.45. The third-order valence-corrected chi connectivity index (χ3v) is 2.69. The van der Waals surface area contributed by atoms with E-state index in [2.05, 4.69) is 5.32 Å². The lowest BCUT2D eigenvalue weighted by molar-refractivity contribution is -0.148. The predicted molar refractivity (Wildman–Crippen MR) is 73.6 cm³/mol. The Morgan fingerprint density at radius 3 is 2.55 bits per heavy atom. The molecule has 0 aromatic heterocycles. The highest BCUT2D eigenvalue weighted by atomic mass is 16.5. The molecule has 6 nitrogen and oxygen atoms in total. The number of amides is 1. The number of carbonyl (C=O) groups excluding carboxylic acids is 2. The van der Waals surface area contributed by atoms with E-state index in [1.165, 1.54) is 0 Å². The molecule has 0 saturated heterocycles. The molecule has 3 N–H and O–H groups in total. The van der Waals surface area contributed by atoms with Crippen LogP contribution in [0.5, 0.6) is 0 Å². The van der Waals surface area contributed by atoms with Crippen LogP contribution in [0.4, 0.5) is 0 Å². The summed E-state index contributed by atoms with van der Waals surface area (Å²) < 4.78 is 9.78. The monoisotopic (exact) mass is 280 g/mol. The van der Waals surface area contributed by atoms with Gasteiger partial charge in [0.05, 0.1) is 13.2 Å². The van der Waals surface area contributed by atoms with Crippen molar-refractivity contribution in [1.29, 1.82) is 0 Å². The van der Waals surface area contributed by atoms with Gasteiger partial charge in [-0.2, -0.15) is 0 Å². The van der Waals surface area contributed by atoms with Gasteiger partial charge < -0.3 is 20.5 Å². The van der Waals surface area contributed by atoms with Crippen molar-refractivity contribution in [1.82, 2.24) is 5.32 Å². The standard InChI is InChI=1S/C14H20N2O4/c1-3-20-14(18)12(15)13(17)16-8-10-6-4-5-7-11(10)9-19-2/h4-7,12H,3,8-9,15H2,1-2H3,(H,16,17). The number of rotatable bonds is 7. The Bertz CT molecular complexity index is 462. The second-order valence-corrected chi connectivity index (χ2v) is 4.15. The van der Waals surface area contributed by atoms with E-state index in [-0.39, 0.29) is 13.2 Å². The maximum Gasteiger partial charge on any atom is 0.332 e. The Morgan fingerprint density at radius 1 is 1.30 bits per heavy atom. The molecule has 0 radical (unpaired) electrons. The highest BCUT2D eigenvalue weighted by Crippen LogP contribution is 2.09. The van der Waals surface area contributed by atoms with Gasteiger partial charge in [0.1, 0.15) is 0 Å². The van der Waals surface area contributed by atoms with Crippen molar-refractivity contribution in [2.45, 2.75) is 26.1 Å². The molecule has 0 saturated carbocycles. The van der Waals surface area contributed by atoms with Gasteiger partial charge in [0.2, 0.25) is 5.91 Å². The van der Waals surface area contributed by atoms with Crippen LogP contribution in [0.2, 0.25) is 0 Å². The highest BCUT2D eigenvalue weighted by Gasteiger charge is 2.23. The van der Waals surface area contributed by atoms with Gasteiger partial charge in [0, 0.05) is 13.7 Å². The maximum absolute atomic E-state index is 11.7. The molecule has 0 aliphatic carbocycles. The quantitative estimate of drug-likeness (QED) is 0.555. The first-order valence-electron chi connectivity index (χ1n) is 6.35. The van der Waals surface area contributed by atoms with Crippen molar-refractivity contribution in [2.24, 2.45) is 5.73 Å². The fourth-order valence-corrected chi connectivity index (χ4v) is 1.66. The summed E-state index contributed by atoms with van der Waals surface area (Å²) in [4.78, 5) is 23.1. The van der Waals surface area contributed by atoms with Gasteiger partial charge in [0.25, 0.3) is 0 Å². The van der Waals surface area contributed by atoms with Gasteiger partial charge in [-0.05, 0) is 18.1 Å². The summed E-state index contributed by atoms with van der Waals surface area (Å²) in [5, 5.41) is 2.62. The van der Waals surface area contributed by atoms with Crippen molar-refractivity contribution in [3.05, 3.63) is 35.4 Å². The summed E-state index contributed by atoms with van der Waals surface area (Å²) in [6, 6.07) is 6.25. The molecule has 1 aromatic rings. The Labute approximate surface area is 118 Å². The van der Waals surface area contributed by atoms with Crippen LogP contribution >= 0.6 is 0 Å². The number of benzene rings is 1. The van der Waals surface area contributed by atoms with Crippen molar-refractivity contribution in [3.8, 4) is 0 Å². The van der Waals surface area contributed by atoms with E-state index in [1.54, 1.807) is 14.0 Å². The first-order valence-corrected chi connectivity index (χ1v) is 6.35. The Kier molecular flexibility index (Phi) is 6.69. The third-order valence-electron chi connectivity index (χ3n) is 2.69. The predicted octanol–water partition coefficient (Wildman–Crippen LogP) is 0.340. The van der Waals surface area contributed by atoms with Gasteiger partial charge in [-0.3, -0.25) is 4.79 Å². The van der Waals surface area contributed by atoms with Gasteiger partial charge >= 0.3 is 5.97 Å². The zero-order valence-corrected chi connectivity index (χ0v) is 11.7. The topological polar surface area (TPSA) is 90.7 Å². The van der Waals surface area contributed by atoms with Crippen molar-refractivity contribution in [3.63, 3.8) is 0 Å². The molecule has 6 heteroatoms. The number of carbonyl (C=O) groups is 2. The third kappa shape index (κ3) is 4.64. The van der Waals surface area contributed by atoms with Gasteiger partial charge in [-0.1, -0.05) is 24.3 Å². The minimum atomic E-state index is -1.30. The number of ether oxygens (including phenoxy) is 2. The number of nitrogens with two attached hydrogens (primary N) is 1. The van der Waals surface area contributed by atoms with Crippen LogP contribution in [0.15, 0.2) is 24.3 Å². The fourth-order valence-electron chi connectivity index (χ4n) is 1.66. The fraction of sp³-hybridized carbons (Fsp3) is 0.429. The molecular formula is C14H20N2O4. The van der Waals surface area contributed by atoms with Crippen LogP contribution in [-0.2, 0) is 32.2 Å². The van der Waals surface area contributed by atoms with Crippen molar-refractivity contribution >= 4 is 11.9 Å². The molecule has 1 atom stereocenters. The van der Waals surface area contributed by atoms with E-state index in [4.69, 9.17) is 15.2 Å². The molecule has 0 aliphatic rings. The summed E-state index contributed by atoms with van der Waals surface area (Å²) in [7, 11) is 1.60. The van der Waals surface area contributed by atoms with E-state index in [9.17, 15) is 9.59 Å². The summed E-state index contributed by atoms with van der Waals surface area (Å²) in [6.45, 7) is 2.58. The summed E-state index contributed by atoms with van der Waals surface area (Å²) in [5.74, 6) is -1.29. The van der Waals surface area contributed by atoms with Crippen LogP contribution < -0.4 is 11.1 Å². The van der Waals surface area contributed by atoms with Crippen LogP contribution in [0, 0.1) is 0 Å². The lowest BCUT2D eigenvalue weighted by atomic mass is 10.1. The Balaban J connectivity index is 2.58. The summed E-state index contributed by atoms with van der Waals surface area (Å²) in [6.07, 6.45) is 0. The maximum atomic E-state index is 11.7. The number of nitrogens with one attached hydrogen (secondary N) is 1. The van der Waals surface area contributed by atoms with Gasteiger partial charge in [-0.15, -0.1) is 0 Å². The minimum Gasteiger partial charge on any atom is -0.464 e. The SMILES string of the molecule is CCOC(=O)C(N)C(=O)NCc1ccccc1COC. The minimum absolute atomic E-state index is 0.191. The summed E-state index contributed by atoms with van der Waals surface area (Å²) in [5.41, 5.74) is 7.38. The van der Waals surface area contributed by atoms with E-state index in [1.807, 2.05) is 24.3 Å². The molecule has 0 heterocycles. The number of hydrogen-bond donors (Lipinski definition) is 2. The first kappa shape index (κ1) is 16.1. The van der Waals surface area contributed by atoms with Crippen LogP contribution in [0.25, 0.3) is 0 Å². The number of methoxy groups -OCH3 is 1.